The molecule has 1 heterocycles. The number of benzene rings is 1. The fourth-order valence-corrected chi connectivity index (χ4v) is 1.51. The van der Waals surface area contributed by atoms with Crippen molar-refractivity contribution in [3.8, 4) is 11.5 Å². The summed E-state index contributed by atoms with van der Waals surface area (Å²) in [7, 11) is 0. The Morgan fingerprint density at radius 2 is 2.17 bits per heavy atom. The Morgan fingerprint density at radius 3 is 2.89 bits per heavy atom. The first-order chi connectivity index (χ1) is 8.69. The van der Waals surface area contributed by atoms with E-state index in [0.29, 0.717) is 18.4 Å². The fourth-order valence-electron chi connectivity index (χ4n) is 1.51. The van der Waals surface area contributed by atoms with Crippen molar-refractivity contribution in [2.75, 3.05) is 18.7 Å². The molecule has 0 atom stereocenters. The number of guanidine groups is 1. The van der Waals surface area contributed by atoms with Gasteiger partial charge in [0.1, 0.15) is 0 Å². The maximum Gasteiger partial charge on any atom is 0.231 e. The first-order valence-electron chi connectivity index (χ1n) is 5.87. The van der Waals surface area contributed by atoms with E-state index in [1.165, 1.54) is 0 Å². The summed E-state index contributed by atoms with van der Waals surface area (Å²) in [6.07, 6.45) is 0. The molecule has 0 saturated heterocycles. The quantitative estimate of drug-likeness (QED) is 0.326. The van der Waals surface area contributed by atoms with Crippen molar-refractivity contribution >= 4 is 11.6 Å². The molecule has 0 aromatic heterocycles. The molecule has 6 heteroatoms. The molecular weight excluding hydrogens is 232 g/mol. The molecule has 1 aromatic carbocycles. The second kappa shape index (κ2) is 5.59. The van der Waals surface area contributed by atoms with Gasteiger partial charge in [0.2, 0.25) is 12.8 Å². The number of fused-ring (bicyclic) bond motifs is 1. The SMILES string of the molecule is CC(C)CN=C(NN)Nc1ccc2c(c1)OCO2. The minimum Gasteiger partial charge on any atom is -0.454 e. The minimum atomic E-state index is 0.266. The van der Waals surface area contributed by atoms with Crippen molar-refractivity contribution in [2.24, 2.45) is 16.8 Å². The zero-order chi connectivity index (χ0) is 13.0. The lowest BCUT2D eigenvalue weighted by atomic mass is 10.2. The van der Waals surface area contributed by atoms with Crippen LogP contribution in [0.15, 0.2) is 23.2 Å². The van der Waals surface area contributed by atoms with E-state index in [0.717, 1.165) is 17.2 Å². The number of hydrogen-bond donors (Lipinski definition) is 3. The van der Waals surface area contributed by atoms with Gasteiger partial charge in [0.25, 0.3) is 0 Å². The highest BCUT2D eigenvalue weighted by Gasteiger charge is 2.13. The molecule has 1 aliphatic heterocycles. The average molecular weight is 250 g/mol. The number of nitrogens with zero attached hydrogens (tertiary/aromatic N) is 1. The van der Waals surface area contributed by atoms with Gasteiger partial charge in [0.05, 0.1) is 0 Å². The van der Waals surface area contributed by atoms with Crippen LogP contribution >= 0.6 is 0 Å². The van der Waals surface area contributed by atoms with Crippen LogP contribution in [0.4, 0.5) is 5.69 Å². The van der Waals surface area contributed by atoms with Gasteiger partial charge in [0, 0.05) is 18.3 Å². The van der Waals surface area contributed by atoms with Gasteiger partial charge in [-0.2, -0.15) is 0 Å². The monoisotopic (exact) mass is 250 g/mol. The van der Waals surface area contributed by atoms with E-state index >= 15 is 0 Å². The van der Waals surface area contributed by atoms with Gasteiger partial charge < -0.3 is 14.8 Å². The summed E-state index contributed by atoms with van der Waals surface area (Å²) in [6.45, 7) is 5.16. The average Bonchev–Trinajstić information content (AvgIpc) is 2.81. The topological polar surface area (TPSA) is 80.9 Å². The van der Waals surface area contributed by atoms with Crippen LogP contribution in [-0.4, -0.2) is 19.3 Å². The van der Waals surface area contributed by atoms with Gasteiger partial charge in [-0.25, -0.2) is 5.84 Å². The van der Waals surface area contributed by atoms with E-state index in [9.17, 15) is 0 Å². The molecule has 1 aliphatic rings. The highest BCUT2D eigenvalue weighted by molar-refractivity contribution is 5.93. The lowest BCUT2D eigenvalue weighted by molar-refractivity contribution is 0.174. The van der Waals surface area contributed by atoms with Crippen molar-refractivity contribution < 1.29 is 9.47 Å². The van der Waals surface area contributed by atoms with Gasteiger partial charge >= 0.3 is 0 Å². The molecule has 0 unspecified atom stereocenters. The predicted molar refractivity (Wildman–Crippen MR) is 70.7 cm³/mol. The summed E-state index contributed by atoms with van der Waals surface area (Å²) in [5.74, 6) is 7.90. The van der Waals surface area contributed by atoms with Crippen LogP contribution in [0, 0.1) is 5.92 Å². The van der Waals surface area contributed by atoms with Gasteiger partial charge in [-0.3, -0.25) is 10.4 Å². The molecule has 0 aliphatic carbocycles. The second-order valence-electron chi connectivity index (χ2n) is 4.42. The van der Waals surface area contributed by atoms with Gasteiger partial charge in [-0.15, -0.1) is 0 Å². The highest BCUT2D eigenvalue weighted by Crippen LogP contribution is 2.34. The first-order valence-corrected chi connectivity index (χ1v) is 5.87. The Balaban J connectivity index is 2.05. The first kappa shape index (κ1) is 12.5. The molecule has 18 heavy (non-hydrogen) atoms. The number of hydrogen-bond acceptors (Lipinski definition) is 4. The van der Waals surface area contributed by atoms with Crippen LogP contribution in [0.25, 0.3) is 0 Å². The minimum absolute atomic E-state index is 0.266. The van der Waals surface area contributed by atoms with Crippen molar-refractivity contribution in [1.82, 2.24) is 5.43 Å². The number of anilines is 1. The molecule has 6 nitrogen and oxygen atoms in total. The molecule has 0 spiro atoms. The number of nitrogens with one attached hydrogen (secondary N) is 2. The van der Waals surface area contributed by atoms with E-state index in [1.54, 1.807) is 0 Å². The molecule has 0 bridgehead atoms. The van der Waals surface area contributed by atoms with E-state index in [4.69, 9.17) is 15.3 Å². The summed E-state index contributed by atoms with van der Waals surface area (Å²) in [4.78, 5) is 4.33. The Morgan fingerprint density at radius 1 is 1.39 bits per heavy atom. The molecule has 4 N–H and O–H groups in total. The number of ether oxygens (including phenoxy) is 2. The Bertz CT molecular complexity index is 446. The van der Waals surface area contributed by atoms with Crippen molar-refractivity contribution in [3.63, 3.8) is 0 Å². The van der Waals surface area contributed by atoms with E-state index in [2.05, 4.69) is 29.6 Å². The van der Waals surface area contributed by atoms with Gasteiger partial charge in [-0.05, 0) is 18.1 Å². The van der Waals surface area contributed by atoms with Crippen molar-refractivity contribution in [1.29, 1.82) is 0 Å². The molecule has 0 saturated carbocycles. The molecule has 2 rings (SSSR count). The third kappa shape index (κ3) is 3.04. The third-order valence-electron chi connectivity index (χ3n) is 2.39. The molecule has 0 amide bonds. The lowest BCUT2D eigenvalue weighted by Crippen LogP contribution is -2.36. The molecule has 98 valence electrons. The Labute approximate surface area is 106 Å². The zero-order valence-corrected chi connectivity index (χ0v) is 10.6. The largest absolute Gasteiger partial charge is 0.454 e. The Hall–Kier alpha value is -1.95. The van der Waals surface area contributed by atoms with Crippen LogP contribution in [0.1, 0.15) is 13.8 Å². The zero-order valence-electron chi connectivity index (χ0n) is 10.6. The van der Waals surface area contributed by atoms with E-state index in [1.807, 2.05) is 18.2 Å². The van der Waals surface area contributed by atoms with E-state index in [-0.39, 0.29) is 6.79 Å². The predicted octanol–water partition coefficient (Wildman–Crippen LogP) is 1.30. The highest BCUT2D eigenvalue weighted by atomic mass is 16.7. The van der Waals surface area contributed by atoms with Crippen LogP contribution in [0.2, 0.25) is 0 Å². The fraction of sp³-hybridized carbons (Fsp3) is 0.417. The van der Waals surface area contributed by atoms with Gasteiger partial charge in [-0.1, -0.05) is 13.8 Å². The number of rotatable bonds is 3. The smallest absolute Gasteiger partial charge is 0.231 e. The molecule has 1 aromatic rings. The summed E-state index contributed by atoms with van der Waals surface area (Å²) in [5, 5.41) is 3.09. The third-order valence-corrected chi connectivity index (χ3v) is 2.39. The normalized spacial score (nSPS) is 13.9. The van der Waals surface area contributed by atoms with Crippen LogP contribution in [0.5, 0.6) is 11.5 Å². The number of nitrogens with two attached hydrogens (primary N) is 1. The maximum atomic E-state index is 5.42. The van der Waals surface area contributed by atoms with Crippen LogP contribution in [-0.2, 0) is 0 Å². The molecule has 0 fully saturated rings. The van der Waals surface area contributed by atoms with Crippen LogP contribution < -0.4 is 26.1 Å². The van der Waals surface area contributed by atoms with Crippen molar-refractivity contribution in [2.45, 2.75) is 13.8 Å². The second-order valence-corrected chi connectivity index (χ2v) is 4.42. The van der Waals surface area contributed by atoms with Crippen molar-refractivity contribution in [3.05, 3.63) is 18.2 Å². The Kier molecular flexibility index (Phi) is 3.88. The summed E-state index contributed by atoms with van der Waals surface area (Å²) >= 11 is 0. The summed E-state index contributed by atoms with van der Waals surface area (Å²) < 4.78 is 10.5. The summed E-state index contributed by atoms with van der Waals surface area (Å²) in [6, 6.07) is 5.58. The number of aliphatic imine (C=N–C) groups is 1. The van der Waals surface area contributed by atoms with Gasteiger partial charge in [0.15, 0.2) is 11.5 Å². The maximum absolute atomic E-state index is 5.42. The number of hydrazine groups is 1. The van der Waals surface area contributed by atoms with Crippen LogP contribution in [0.3, 0.4) is 0 Å². The summed E-state index contributed by atoms with van der Waals surface area (Å²) in [5.41, 5.74) is 3.39. The molecular formula is C12H18N4O2. The van der Waals surface area contributed by atoms with E-state index < -0.39 is 0 Å². The lowest BCUT2D eigenvalue weighted by Gasteiger charge is -2.10. The molecule has 0 radical (unpaired) electrons. The standard InChI is InChI=1S/C12H18N4O2/c1-8(2)6-14-12(16-13)15-9-3-4-10-11(5-9)18-7-17-10/h3-5,8H,6-7,13H2,1-2H3,(H2,14,15,16).